The Kier molecular flexibility index (Phi) is 3.47. The van der Waals surface area contributed by atoms with Gasteiger partial charge in [-0.3, -0.25) is 0 Å². The second-order valence-corrected chi connectivity index (χ2v) is 3.51. The predicted molar refractivity (Wildman–Crippen MR) is 57.8 cm³/mol. The molecule has 15 heavy (non-hydrogen) atoms. The zero-order valence-corrected chi connectivity index (χ0v) is 8.72. The molecule has 0 saturated carbocycles. The Hall–Kier alpha value is -1.20. The molecule has 5 heteroatoms. The fourth-order valence-corrected chi connectivity index (χ4v) is 1.74. The van der Waals surface area contributed by atoms with E-state index in [-0.39, 0.29) is 0 Å². The van der Waals surface area contributed by atoms with Gasteiger partial charge in [-0.25, -0.2) is 9.97 Å². The number of aromatic nitrogens is 2. The number of hydrogen-bond acceptors (Lipinski definition) is 5. The van der Waals surface area contributed by atoms with Gasteiger partial charge in [-0.15, -0.1) is 0 Å². The van der Waals surface area contributed by atoms with Crippen molar-refractivity contribution in [2.45, 2.75) is 6.42 Å². The maximum absolute atomic E-state index is 5.56. The van der Waals surface area contributed by atoms with Crippen LogP contribution >= 0.6 is 0 Å². The zero-order valence-electron chi connectivity index (χ0n) is 8.72. The van der Waals surface area contributed by atoms with Crippen molar-refractivity contribution in [3.8, 4) is 0 Å². The first-order valence-electron chi connectivity index (χ1n) is 5.23. The first kappa shape index (κ1) is 10.3. The summed E-state index contributed by atoms with van der Waals surface area (Å²) in [4.78, 5) is 10.6. The topological polar surface area (TPSA) is 64.3 Å². The Morgan fingerprint density at radius 1 is 1.40 bits per heavy atom. The van der Waals surface area contributed by atoms with Gasteiger partial charge in [-0.1, -0.05) is 0 Å². The molecule has 0 aliphatic carbocycles. The van der Waals surface area contributed by atoms with E-state index in [9.17, 15) is 0 Å². The zero-order chi connectivity index (χ0) is 10.5. The molecule has 1 aromatic heterocycles. The van der Waals surface area contributed by atoms with Gasteiger partial charge in [0.05, 0.1) is 13.2 Å². The van der Waals surface area contributed by atoms with E-state index in [0.29, 0.717) is 6.54 Å². The van der Waals surface area contributed by atoms with Crippen LogP contribution in [0.2, 0.25) is 0 Å². The number of anilines is 1. The molecule has 5 nitrogen and oxygen atoms in total. The molecule has 0 radical (unpaired) electrons. The van der Waals surface area contributed by atoms with Crippen LogP contribution in [0.5, 0.6) is 0 Å². The van der Waals surface area contributed by atoms with Crippen LogP contribution in [0, 0.1) is 0 Å². The molecule has 1 aliphatic heterocycles. The van der Waals surface area contributed by atoms with Crippen molar-refractivity contribution in [3.05, 3.63) is 18.1 Å². The van der Waals surface area contributed by atoms with Crippen molar-refractivity contribution in [2.75, 3.05) is 37.7 Å². The van der Waals surface area contributed by atoms with Crippen molar-refractivity contribution >= 4 is 5.82 Å². The van der Waals surface area contributed by atoms with E-state index in [1.807, 2.05) is 6.20 Å². The van der Waals surface area contributed by atoms with E-state index in [0.717, 1.165) is 44.1 Å². The average Bonchev–Trinajstić information content (AvgIpc) is 2.31. The number of morpholine rings is 1. The summed E-state index contributed by atoms with van der Waals surface area (Å²) in [5, 5.41) is 0. The lowest BCUT2D eigenvalue weighted by Crippen LogP contribution is -2.37. The summed E-state index contributed by atoms with van der Waals surface area (Å²) < 4.78 is 5.31. The van der Waals surface area contributed by atoms with Crippen LogP contribution in [0.25, 0.3) is 0 Å². The summed E-state index contributed by atoms with van der Waals surface area (Å²) in [5.74, 6) is 1.01. The smallest absolute Gasteiger partial charge is 0.135 e. The number of ether oxygens (including phenoxy) is 1. The second kappa shape index (κ2) is 5.04. The van der Waals surface area contributed by atoms with Crippen molar-refractivity contribution in [1.29, 1.82) is 0 Å². The quantitative estimate of drug-likeness (QED) is 0.746. The fourth-order valence-electron chi connectivity index (χ4n) is 1.74. The average molecular weight is 208 g/mol. The van der Waals surface area contributed by atoms with Gasteiger partial charge >= 0.3 is 0 Å². The highest BCUT2D eigenvalue weighted by atomic mass is 16.5. The molecule has 2 N–H and O–H groups in total. The van der Waals surface area contributed by atoms with Crippen LogP contribution in [0.4, 0.5) is 5.82 Å². The molecule has 0 aromatic carbocycles. The number of rotatable bonds is 3. The van der Waals surface area contributed by atoms with Crippen LogP contribution in [0.1, 0.15) is 5.56 Å². The molecule has 0 bridgehead atoms. The monoisotopic (exact) mass is 208 g/mol. The molecule has 0 amide bonds. The molecule has 0 atom stereocenters. The first-order chi connectivity index (χ1) is 7.42. The molecule has 2 heterocycles. The minimum atomic E-state index is 0.630. The molecular formula is C10H16N4O. The number of hydrogen-bond donors (Lipinski definition) is 1. The molecule has 82 valence electrons. The van der Waals surface area contributed by atoms with Crippen LogP contribution < -0.4 is 10.6 Å². The van der Waals surface area contributed by atoms with Crippen molar-refractivity contribution in [1.82, 2.24) is 9.97 Å². The Morgan fingerprint density at radius 2 is 2.20 bits per heavy atom. The van der Waals surface area contributed by atoms with Crippen molar-refractivity contribution in [3.63, 3.8) is 0 Å². The van der Waals surface area contributed by atoms with E-state index in [2.05, 4.69) is 14.9 Å². The maximum atomic E-state index is 5.56. The van der Waals surface area contributed by atoms with Gasteiger partial charge in [0.2, 0.25) is 0 Å². The van der Waals surface area contributed by atoms with Crippen LogP contribution in [-0.4, -0.2) is 42.8 Å². The third-order valence-corrected chi connectivity index (χ3v) is 2.49. The first-order valence-corrected chi connectivity index (χ1v) is 5.23. The SMILES string of the molecule is NCCc1cncnc1N1CCOCC1. The molecule has 0 unspecified atom stereocenters. The summed E-state index contributed by atoms with van der Waals surface area (Å²) >= 11 is 0. The minimum Gasteiger partial charge on any atom is -0.378 e. The van der Waals surface area contributed by atoms with Gasteiger partial charge < -0.3 is 15.4 Å². The van der Waals surface area contributed by atoms with Crippen molar-refractivity contribution < 1.29 is 4.74 Å². The van der Waals surface area contributed by atoms with Crippen LogP contribution in [0.15, 0.2) is 12.5 Å². The summed E-state index contributed by atoms with van der Waals surface area (Å²) in [6.07, 6.45) is 4.27. The van der Waals surface area contributed by atoms with Gasteiger partial charge in [0.1, 0.15) is 12.1 Å². The summed E-state index contributed by atoms with van der Waals surface area (Å²) in [6, 6.07) is 0. The largest absolute Gasteiger partial charge is 0.378 e. The summed E-state index contributed by atoms with van der Waals surface area (Å²) in [7, 11) is 0. The van der Waals surface area contributed by atoms with Gasteiger partial charge in [0, 0.05) is 24.8 Å². The third-order valence-electron chi connectivity index (χ3n) is 2.49. The number of nitrogens with zero attached hydrogens (tertiary/aromatic N) is 3. The lowest BCUT2D eigenvalue weighted by Gasteiger charge is -2.29. The highest BCUT2D eigenvalue weighted by molar-refractivity contribution is 5.45. The molecule has 1 aliphatic rings. The Morgan fingerprint density at radius 3 is 2.93 bits per heavy atom. The third kappa shape index (κ3) is 2.43. The normalized spacial score (nSPS) is 16.7. The highest BCUT2D eigenvalue weighted by Crippen LogP contribution is 2.17. The Balaban J connectivity index is 2.17. The fraction of sp³-hybridized carbons (Fsp3) is 0.600. The van der Waals surface area contributed by atoms with E-state index in [1.54, 1.807) is 6.33 Å². The standard InChI is InChI=1S/C10H16N4O/c11-2-1-9-7-12-8-13-10(9)14-3-5-15-6-4-14/h7-8H,1-6,11H2. The minimum absolute atomic E-state index is 0.630. The lowest BCUT2D eigenvalue weighted by atomic mass is 10.2. The molecule has 1 fully saturated rings. The molecular weight excluding hydrogens is 192 g/mol. The summed E-state index contributed by atoms with van der Waals surface area (Å²) in [6.45, 7) is 3.96. The maximum Gasteiger partial charge on any atom is 0.135 e. The van der Waals surface area contributed by atoms with Crippen LogP contribution in [-0.2, 0) is 11.2 Å². The second-order valence-electron chi connectivity index (χ2n) is 3.51. The molecule has 1 saturated heterocycles. The lowest BCUT2D eigenvalue weighted by molar-refractivity contribution is 0.122. The Labute approximate surface area is 89.3 Å². The highest BCUT2D eigenvalue weighted by Gasteiger charge is 2.15. The van der Waals surface area contributed by atoms with Crippen molar-refractivity contribution in [2.24, 2.45) is 5.73 Å². The van der Waals surface area contributed by atoms with Gasteiger partial charge in [0.15, 0.2) is 0 Å². The Bertz CT molecular complexity index is 312. The molecule has 2 rings (SSSR count). The molecule has 1 aromatic rings. The van der Waals surface area contributed by atoms with Crippen LogP contribution in [0.3, 0.4) is 0 Å². The van der Waals surface area contributed by atoms with Gasteiger partial charge in [-0.2, -0.15) is 0 Å². The molecule has 0 spiro atoms. The van der Waals surface area contributed by atoms with E-state index in [4.69, 9.17) is 10.5 Å². The number of nitrogens with two attached hydrogens (primary N) is 1. The van der Waals surface area contributed by atoms with E-state index < -0.39 is 0 Å². The predicted octanol–water partition coefficient (Wildman–Crippen LogP) is -0.186. The van der Waals surface area contributed by atoms with Gasteiger partial charge in [0.25, 0.3) is 0 Å². The van der Waals surface area contributed by atoms with E-state index >= 15 is 0 Å². The van der Waals surface area contributed by atoms with E-state index in [1.165, 1.54) is 0 Å². The van der Waals surface area contributed by atoms with Gasteiger partial charge in [-0.05, 0) is 13.0 Å². The summed E-state index contributed by atoms with van der Waals surface area (Å²) in [5.41, 5.74) is 6.69.